The van der Waals surface area contributed by atoms with Gasteiger partial charge in [-0.05, 0) is 42.7 Å². The maximum Gasteiger partial charge on any atom is 0.263 e. The zero-order valence-electron chi connectivity index (χ0n) is 17.0. The van der Waals surface area contributed by atoms with Gasteiger partial charge in [0.05, 0.1) is 19.9 Å². The van der Waals surface area contributed by atoms with Crippen LogP contribution >= 0.6 is 11.3 Å². The molecule has 152 valence electrons. The fourth-order valence-corrected chi connectivity index (χ4v) is 3.87. The van der Waals surface area contributed by atoms with Gasteiger partial charge in [0.15, 0.2) is 16.6 Å². The van der Waals surface area contributed by atoms with Crippen LogP contribution in [-0.2, 0) is 13.0 Å². The Kier molecular flexibility index (Phi) is 6.72. The highest BCUT2D eigenvalue weighted by Crippen LogP contribution is 2.29. The highest BCUT2D eigenvalue weighted by molar-refractivity contribution is 7.17. The molecule has 7 heteroatoms. The van der Waals surface area contributed by atoms with E-state index in [9.17, 15) is 4.79 Å². The third-order valence-electron chi connectivity index (χ3n) is 4.54. The minimum absolute atomic E-state index is 0.147. The van der Waals surface area contributed by atoms with Crippen LogP contribution in [0.2, 0.25) is 0 Å². The van der Waals surface area contributed by atoms with Gasteiger partial charge in [0, 0.05) is 12.2 Å². The molecule has 0 spiro atoms. The van der Waals surface area contributed by atoms with Gasteiger partial charge < -0.3 is 20.1 Å². The maximum atomic E-state index is 12.7. The van der Waals surface area contributed by atoms with Crippen molar-refractivity contribution < 1.29 is 14.3 Å². The van der Waals surface area contributed by atoms with E-state index in [0.29, 0.717) is 33.7 Å². The van der Waals surface area contributed by atoms with Gasteiger partial charge in [-0.15, -0.1) is 0 Å². The molecule has 2 aromatic carbocycles. The van der Waals surface area contributed by atoms with Crippen LogP contribution in [0.15, 0.2) is 42.5 Å². The van der Waals surface area contributed by atoms with Gasteiger partial charge in [-0.25, -0.2) is 4.98 Å². The fraction of sp³-hybridized carbons (Fsp3) is 0.273. The largest absolute Gasteiger partial charge is 0.493 e. The third-order valence-corrected chi connectivity index (χ3v) is 5.62. The zero-order chi connectivity index (χ0) is 20.8. The molecule has 3 rings (SSSR count). The smallest absolute Gasteiger partial charge is 0.263 e. The Bertz CT molecular complexity index is 1000. The van der Waals surface area contributed by atoms with Crippen LogP contribution in [0.1, 0.15) is 33.4 Å². The number of amides is 1. The number of ether oxygens (including phenoxy) is 2. The molecule has 0 fully saturated rings. The van der Waals surface area contributed by atoms with Gasteiger partial charge in [0.25, 0.3) is 5.91 Å². The topological polar surface area (TPSA) is 72.5 Å². The van der Waals surface area contributed by atoms with Crippen molar-refractivity contribution in [2.24, 2.45) is 0 Å². The number of hydrogen-bond acceptors (Lipinski definition) is 6. The average Bonchev–Trinajstić information content (AvgIpc) is 3.12. The standard InChI is InChI=1S/C22H25N3O3S/c1-5-16-8-6-7-9-17(16)25-22-24-14(2)20(29-22)21(26)23-13-15-10-11-18(27-3)19(12-15)28-4/h6-12H,5,13H2,1-4H3,(H,23,26)(H,24,25). The Hall–Kier alpha value is -3.06. The number of aromatic nitrogens is 1. The van der Waals surface area contributed by atoms with E-state index in [1.54, 1.807) is 14.2 Å². The molecule has 29 heavy (non-hydrogen) atoms. The molecule has 0 unspecified atom stereocenters. The Morgan fingerprint density at radius 1 is 1.10 bits per heavy atom. The Labute approximate surface area is 174 Å². The average molecular weight is 412 g/mol. The summed E-state index contributed by atoms with van der Waals surface area (Å²) in [5.41, 5.74) is 3.85. The second-order valence-electron chi connectivity index (χ2n) is 6.44. The van der Waals surface area contributed by atoms with Crippen LogP contribution in [-0.4, -0.2) is 25.1 Å². The predicted molar refractivity (Wildman–Crippen MR) is 117 cm³/mol. The van der Waals surface area contributed by atoms with Crippen molar-refractivity contribution in [3.8, 4) is 11.5 Å². The van der Waals surface area contributed by atoms with Gasteiger partial charge in [-0.2, -0.15) is 0 Å². The number of para-hydroxylation sites is 1. The third kappa shape index (κ3) is 4.86. The summed E-state index contributed by atoms with van der Waals surface area (Å²) in [6.07, 6.45) is 0.923. The summed E-state index contributed by atoms with van der Waals surface area (Å²) in [6, 6.07) is 13.7. The number of carbonyl (C=O) groups is 1. The molecule has 1 amide bonds. The van der Waals surface area contributed by atoms with Crippen molar-refractivity contribution in [2.75, 3.05) is 19.5 Å². The molecule has 0 radical (unpaired) electrons. The van der Waals surface area contributed by atoms with Gasteiger partial charge in [-0.3, -0.25) is 4.79 Å². The lowest BCUT2D eigenvalue weighted by molar-refractivity contribution is 0.0954. The predicted octanol–water partition coefficient (Wildman–Crippen LogP) is 4.70. The second-order valence-corrected chi connectivity index (χ2v) is 7.44. The summed E-state index contributed by atoms with van der Waals surface area (Å²) in [6.45, 7) is 4.34. The van der Waals surface area contributed by atoms with Crippen molar-refractivity contribution in [3.05, 3.63) is 64.2 Å². The highest BCUT2D eigenvalue weighted by Gasteiger charge is 2.16. The first-order chi connectivity index (χ1) is 14.0. The summed E-state index contributed by atoms with van der Waals surface area (Å²) in [5.74, 6) is 1.14. The quantitative estimate of drug-likeness (QED) is 0.562. The molecule has 2 N–H and O–H groups in total. The van der Waals surface area contributed by atoms with Crippen molar-refractivity contribution in [1.82, 2.24) is 10.3 Å². The van der Waals surface area contributed by atoms with Crippen LogP contribution in [0.3, 0.4) is 0 Å². The number of benzene rings is 2. The van der Waals surface area contributed by atoms with E-state index in [-0.39, 0.29) is 5.91 Å². The Morgan fingerprint density at radius 3 is 2.59 bits per heavy atom. The van der Waals surface area contributed by atoms with Crippen LogP contribution in [0.4, 0.5) is 10.8 Å². The number of aryl methyl sites for hydroxylation is 2. The van der Waals surface area contributed by atoms with Gasteiger partial charge >= 0.3 is 0 Å². The van der Waals surface area contributed by atoms with Gasteiger partial charge in [0.2, 0.25) is 0 Å². The molecule has 3 aromatic rings. The number of carbonyl (C=O) groups excluding carboxylic acids is 1. The van der Waals surface area contributed by atoms with Gasteiger partial charge in [-0.1, -0.05) is 42.5 Å². The highest BCUT2D eigenvalue weighted by atomic mass is 32.1. The van der Waals surface area contributed by atoms with E-state index in [1.165, 1.54) is 16.9 Å². The van der Waals surface area contributed by atoms with Crippen LogP contribution in [0.5, 0.6) is 11.5 Å². The first-order valence-corrected chi connectivity index (χ1v) is 10.2. The minimum Gasteiger partial charge on any atom is -0.493 e. The number of nitrogens with zero attached hydrogens (tertiary/aromatic N) is 1. The number of nitrogens with one attached hydrogen (secondary N) is 2. The Morgan fingerprint density at radius 2 is 1.86 bits per heavy atom. The SMILES string of the molecule is CCc1ccccc1Nc1nc(C)c(C(=O)NCc2ccc(OC)c(OC)c2)s1. The van der Waals surface area contributed by atoms with E-state index in [0.717, 1.165) is 17.7 Å². The number of methoxy groups -OCH3 is 2. The van der Waals surface area contributed by atoms with Crippen LogP contribution in [0.25, 0.3) is 0 Å². The molecular weight excluding hydrogens is 386 g/mol. The first-order valence-electron chi connectivity index (χ1n) is 9.37. The molecule has 0 aliphatic heterocycles. The molecule has 0 bridgehead atoms. The lowest BCUT2D eigenvalue weighted by Crippen LogP contribution is -2.22. The first kappa shape index (κ1) is 20.7. The molecular formula is C22H25N3O3S. The van der Waals surface area contributed by atoms with E-state index in [4.69, 9.17) is 9.47 Å². The number of thiazole rings is 1. The van der Waals surface area contributed by atoms with Gasteiger partial charge in [0.1, 0.15) is 4.88 Å². The number of anilines is 2. The van der Waals surface area contributed by atoms with Crippen molar-refractivity contribution in [3.63, 3.8) is 0 Å². The molecule has 0 aliphatic rings. The summed E-state index contributed by atoms with van der Waals surface area (Å²) < 4.78 is 10.6. The summed E-state index contributed by atoms with van der Waals surface area (Å²) in [4.78, 5) is 17.8. The molecule has 0 saturated carbocycles. The normalized spacial score (nSPS) is 10.5. The van der Waals surface area contributed by atoms with E-state index in [1.807, 2.05) is 43.3 Å². The molecule has 0 saturated heterocycles. The lowest BCUT2D eigenvalue weighted by atomic mass is 10.1. The molecule has 6 nitrogen and oxygen atoms in total. The van der Waals surface area contributed by atoms with E-state index < -0.39 is 0 Å². The van der Waals surface area contributed by atoms with Crippen molar-refractivity contribution in [1.29, 1.82) is 0 Å². The van der Waals surface area contributed by atoms with Crippen molar-refractivity contribution in [2.45, 2.75) is 26.8 Å². The summed E-state index contributed by atoms with van der Waals surface area (Å²) >= 11 is 1.35. The maximum absolute atomic E-state index is 12.7. The van der Waals surface area contributed by atoms with Crippen LogP contribution in [0, 0.1) is 6.92 Å². The van der Waals surface area contributed by atoms with Crippen LogP contribution < -0.4 is 20.1 Å². The molecule has 0 aliphatic carbocycles. The second kappa shape index (κ2) is 9.43. The lowest BCUT2D eigenvalue weighted by Gasteiger charge is -2.10. The minimum atomic E-state index is -0.147. The zero-order valence-corrected chi connectivity index (χ0v) is 17.9. The molecule has 1 aromatic heterocycles. The molecule has 1 heterocycles. The number of rotatable bonds is 8. The summed E-state index contributed by atoms with van der Waals surface area (Å²) in [7, 11) is 3.18. The van der Waals surface area contributed by atoms with Crippen molar-refractivity contribution >= 4 is 28.1 Å². The van der Waals surface area contributed by atoms with E-state index >= 15 is 0 Å². The van der Waals surface area contributed by atoms with E-state index in [2.05, 4.69) is 28.6 Å². The summed E-state index contributed by atoms with van der Waals surface area (Å²) in [5, 5.41) is 7.00. The molecule has 0 atom stereocenters. The Balaban J connectivity index is 1.69. The monoisotopic (exact) mass is 411 g/mol. The number of hydrogen-bond donors (Lipinski definition) is 2. The fourth-order valence-electron chi connectivity index (χ4n) is 2.98.